The Balaban J connectivity index is 1.48. The van der Waals surface area contributed by atoms with Crippen LogP contribution in [0.3, 0.4) is 0 Å². The van der Waals surface area contributed by atoms with Crippen LogP contribution in [-0.4, -0.2) is 61.5 Å². The number of Topliss-reactive ketones (excluding diaryl/α,β-unsaturated/α-hetero) is 2. The Kier molecular flexibility index (Phi) is 7.01. The van der Waals surface area contributed by atoms with Crippen LogP contribution in [0.1, 0.15) is 46.8 Å². The minimum atomic E-state index is -2.65. The van der Waals surface area contributed by atoms with Crippen LogP contribution in [-0.2, 0) is 29.0 Å². The van der Waals surface area contributed by atoms with E-state index < -0.39 is 63.6 Å². The average molecular weight is 551 g/mol. The minimum Gasteiger partial charge on any atom is -0.511 e. The fourth-order valence-corrected chi connectivity index (χ4v) is 6.36. The molecule has 210 valence electrons. The number of likely N-dealkylation sites (N-methyl/N-ethyl adjacent to an activating group) is 1. The van der Waals surface area contributed by atoms with Crippen LogP contribution in [0.5, 0.6) is 5.75 Å². The van der Waals surface area contributed by atoms with Crippen LogP contribution in [0.15, 0.2) is 59.1 Å². The van der Waals surface area contributed by atoms with Crippen LogP contribution in [0.2, 0.25) is 0 Å². The molecule has 6 N–H and O–H groups in total. The molecule has 3 aliphatic carbocycles. The molecule has 0 saturated heterocycles. The number of fused-ring (bicyclic) bond motifs is 3. The van der Waals surface area contributed by atoms with Crippen molar-refractivity contribution in [2.75, 3.05) is 13.1 Å². The third kappa shape index (κ3) is 4.28. The van der Waals surface area contributed by atoms with Crippen molar-refractivity contribution in [3.63, 3.8) is 0 Å². The van der Waals surface area contributed by atoms with Gasteiger partial charge in [0.05, 0.1) is 5.56 Å². The fourth-order valence-electron chi connectivity index (χ4n) is 6.36. The molecule has 0 aromatic heterocycles. The summed E-state index contributed by atoms with van der Waals surface area (Å²) in [6.07, 6.45) is 0.294. The summed E-state index contributed by atoms with van der Waals surface area (Å²) in [6, 6.07) is 11.1. The molecule has 2 aromatic rings. The van der Waals surface area contributed by atoms with Gasteiger partial charge < -0.3 is 26.2 Å². The Hall–Kier alpha value is -4.02. The number of hydrogen-bond acceptors (Lipinski definition) is 8. The quantitative estimate of drug-likeness (QED) is 0.329. The minimum absolute atomic E-state index is 0.00540. The number of carbonyl (C=O) groups excluding carboxylic acids is 3. The summed E-state index contributed by atoms with van der Waals surface area (Å²) in [5, 5.41) is 43.5. The number of phenolic OH excluding ortho intramolecular Hbond substituents is 1. The summed E-state index contributed by atoms with van der Waals surface area (Å²) in [4.78, 5) is 40.4. The van der Waals surface area contributed by atoms with Gasteiger partial charge >= 0.3 is 0 Å². The highest BCUT2D eigenvalue weighted by Gasteiger charge is 2.59. The molecule has 0 saturated carbocycles. The highest BCUT2D eigenvalue weighted by atomic mass is 19.1. The van der Waals surface area contributed by atoms with Crippen molar-refractivity contribution < 1.29 is 39.2 Å². The number of ketones is 2. The molecular weight excluding hydrogens is 519 g/mol. The lowest BCUT2D eigenvalue weighted by Gasteiger charge is -2.45. The van der Waals surface area contributed by atoms with Crippen molar-refractivity contribution in [3.05, 3.63) is 87.1 Å². The number of carbonyl (C=O) groups is 3. The Labute approximate surface area is 230 Å². The lowest BCUT2D eigenvalue weighted by atomic mass is 9.60. The van der Waals surface area contributed by atoms with Gasteiger partial charge in [-0.25, -0.2) is 4.39 Å². The molecule has 2 aromatic carbocycles. The number of amides is 1. The van der Waals surface area contributed by atoms with Gasteiger partial charge in [0.15, 0.2) is 11.4 Å². The van der Waals surface area contributed by atoms with Gasteiger partial charge in [-0.15, -0.1) is 0 Å². The van der Waals surface area contributed by atoms with E-state index in [0.717, 1.165) is 12.0 Å². The third-order valence-electron chi connectivity index (χ3n) is 8.47. The van der Waals surface area contributed by atoms with Crippen LogP contribution < -0.4 is 5.73 Å². The van der Waals surface area contributed by atoms with Gasteiger partial charge in [0.1, 0.15) is 28.7 Å². The molecule has 0 bridgehead atoms. The molecule has 1 amide bonds. The summed E-state index contributed by atoms with van der Waals surface area (Å²) in [5.74, 6) is -7.98. The monoisotopic (exact) mass is 550 g/mol. The molecular formula is C30H31FN2O7. The largest absolute Gasteiger partial charge is 0.511 e. The number of aromatic hydroxyl groups is 1. The molecule has 3 aliphatic rings. The van der Waals surface area contributed by atoms with Crippen molar-refractivity contribution in [1.82, 2.24) is 4.90 Å². The molecule has 40 heavy (non-hydrogen) atoms. The highest BCUT2D eigenvalue weighted by Crippen LogP contribution is 2.51. The number of benzene rings is 2. The zero-order valence-corrected chi connectivity index (χ0v) is 22.0. The molecule has 0 aliphatic heterocycles. The summed E-state index contributed by atoms with van der Waals surface area (Å²) in [6.45, 7) is 3.44. The van der Waals surface area contributed by atoms with Crippen LogP contribution in [0.4, 0.5) is 4.39 Å². The number of aliphatic hydroxyl groups excluding tert-OH is 2. The van der Waals surface area contributed by atoms with E-state index in [1.54, 1.807) is 0 Å². The molecule has 0 spiro atoms. The number of phenols is 1. The van der Waals surface area contributed by atoms with Crippen molar-refractivity contribution in [2.45, 2.75) is 44.8 Å². The predicted octanol–water partition coefficient (Wildman–Crippen LogP) is 2.78. The van der Waals surface area contributed by atoms with Crippen molar-refractivity contribution in [3.8, 4) is 5.75 Å². The van der Waals surface area contributed by atoms with Crippen LogP contribution >= 0.6 is 0 Å². The van der Waals surface area contributed by atoms with E-state index in [1.807, 2.05) is 42.2 Å². The number of hydrogen-bond donors (Lipinski definition) is 5. The number of allylic oxidation sites excluding steroid dienone is 2. The third-order valence-corrected chi connectivity index (χ3v) is 8.47. The van der Waals surface area contributed by atoms with Gasteiger partial charge in [-0.3, -0.25) is 19.3 Å². The van der Waals surface area contributed by atoms with Crippen LogP contribution in [0.25, 0.3) is 0 Å². The van der Waals surface area contributed by atoms with Gasteiger partial charge in [0, 0.05) is 42.1 Å². The predicted molar refractivity (Wildman–Crippen MR) is 142 cm³/mol. The van der Waals surface area contributed by atoms with E-state index >= 15 is 4.39 Å². The normalized spacial score (nSPS) is 24.2. The first-order chi connectivity index (χ1) is 19.0. The first-order valence-electron chi connectivity index (χ1n) is 13.3. The van der Waals surface area contributed by atoms with E-state index in [4.69, 9.17) is 5.73 Å². The molecule has 0 heterocycles. The van der Waals surface area contributed by atoms with E-state index in [2.05, 4.69) is 0 Å². The second kappa shape index (κ2) is 10.2. The summed E-state index contributed by atoms with van der Waals surface area (Å²) in [7, 11) is 0. The first kappa shape index (κ1) is 27.5. The lowest BCUT2D eigenvalue weighted by molar-refractivity contribution is -0.144. The maximum atomic E-state index is 15.9. The van der Waals surface area contributed by atoms with E-state index in [-0.39, 0.29) is 48.1 Å². The van der Waals surface area contributed by atoms with E-state index in [1.165, 1.54) is 6.07 Å². The van der Waals surface area contributed by atoms with E-state index in [0.29, 0.717) is 13.1 Å². The zero-order valence-electron chi connectivity index (χ0n) is 22.0. The maximum Gasteiger partial charge on any atom is 0.255 e. The second-order valence-electron chi connectivity index (χ2n) is 10.7. The van der Waals surface area contributed by atoms with Crippen molar-refractivity contribution in [2.24, 2.45) is 17.6 Å². The first-order valence-corrected chi connectivity index (χ1v) is 13.3. The van der Waals surface area contributed by atoms with Gasteiger partial charge in [0.25, 0.3) is 5.91 Å². The number of halogens is 1. The van der Waals surface area contributed by atoms with Crippen molar-refractivity contribution >= 4 is 17.5 Å². The Morgan fingerprint density at radius 2 is 1.85 bits per heavy atom. The van der Waals surface area contributed by atoms with Gasteiger partial charge in [-0.05, 0) is 43.4 Å². The Bertz CT molecular complexity index is 1480. The number of nitrogens with zero attached hydrogens (tertiary/aromatic N) is 1. The number of primary amides is 1. The smallest absolute Gasteiger partial charge is 0.255 e. The standard InChI is InChI=1S/C30H31FN2O7/c1-2-33(9-8-15-6-4-3-5-7-15)14-17-12-20(34)23-19(25(17)31)11-16-10-18-13-21(35)24(29(32)39)28(38)30(18,40)27(37)22(16)26(23)36/h3-7,12,16,18,34-35,37,40H,2,8-11,13-14H2,1H3,(H2,32,39)/t16?,18-,30-/m0/s1. The van der Waals surface area contributed by atoms with Gasteiger partial charge in [-0.1, -0.05) is 37.3 Å². The molecule has 0 fully saturated rings. The lowest BCUT2D eigenvalue weighted by Crippen LogP contribution is -2.57. The maximum absolute atomic E-state index is 15.9. The number of rotatable bonds is 7. The molecule has 0 radical (unpaired) electrons. The summed E-state index contributed by atoms with van der Waals surface area (Å²) >= 11 is 0. The topological polar surface area (TPSA) is 161 Å². The van der Waals surface area contributed by atoms with Gasteiger partial charge in [-0.2, -0.15) is 0 Å². The highest BCUT2D eigenvalue weighted by molar-refractivity contribution is 6.24. The SMILES string of the molecule is CCN(CCc1ccccc1)Cc1cc(O)c2c(c1F)CC1C[C@H]3CC(O)=C(C(N)=O)C(=O)[C@@]3(O)C(O)=C1C2=O. The molecule has 10 heteroatoms. The number of aliphatic hydroxyl groups is 3. The summed E-state index contributed by atoms with van der Waals surface area (Å²) < 4.78 is 15.9. The van der Waals surface area contributed by atoms with Crippen LogP contribution in [0, 0.1) is 17.7 Å². The molecule has 1 unspecified atom stereocenters. The molecule has 9 nitrogen and oxygen atoms in total. The number of nitrogens with two attached hydrogens (primary N) is 1. The molecule has 3 atom stereocenters. The second-order valence-corrected chi connectivity index (χ2v) is 10.7. The Morgan fingerprint density at radius 3 is 2.50 bits per heavy atom. The van der Waals surface area contributed by atoms with Gasteiger partial charge in [0.2, 0.25) is 5.78 Å². The molecule has 5 rings (SSSR count). The van der Waals surface area contributed by atoms with Crippen molar-refractivity contribution in [1.29, 1.82) is 0 Å². The summed E-state index contributed by atoms with van der Waals surface area (Å²) in [5.41, 5.74) is 2.45. The Morgan fingerprint density at radius 1 is 1.15 bits per heavy atom. The average Bonchev–Trinajstić information content (AvgIpc) is 2.91. The van der Waals surface area contributed by atoms with E-state index in [9.17, 15) is 34.8 Å². The zero-order chi connectivity index (χ0) is 28.9. The fraction of sp³-hybridized carbons (Fsp3) is 0.367.